The minimum absolute atomic E-state index is 0.228. The molecule has 14 nitrogen and oxygen atoms in total. The normalized spacial score (nSPS) is 30.6. The van der Waals surface area contributed by atoms with E-state index in [0.29, 0.717) is 28.4 Å². The number of hydrogen-bond acceptors (Lipinski definition) is 13. The van der Waals surface area contributed by atoms with E-state index in [1.165, 1.54) is 46.4 Å². The SMILES string of the molecule is COc1cc(-c2ccc(O)c3c2C[C@@]2(N)C[C@@]4(N)[C@H](N(C)C)C(=O)C(C(N)=O)C(=O)[C@@]4(C#N)C(=O)C2C3=O)cc(OC)c1OC. The van der Waals surface area contributed by atoms with E-state index in [1.54, 1.807) is 24.3 Å². The van der Waals surface area contributed by atoms with E-state index in [-0.39, 0.29) is 17.5 Å². The lowest BCUT2D eigenvalue weighted by Crippen LogP contribution is -2.85. The third kappa shape index (κ3) is 3.94. The average molecular weight is 620 g/mol. The van der Waals surface area contributed by atoms with E-state index in [2.05, 4.69) is 0 Å². The Kier molecular flexibility index (Phi) is 7.28. The Morgan fingerprint density at radius 2 is 1.62 bits per heavy atom. The monoisotopic (exact) mass is 619 g/mol. The number of Topliss-reactive ketones (excluding diaryl/α,β-unsaturated/α-hetero) is 4. The quantitative estimate of drug-likeness (QED) is 0.299. The van der Waals surface area contributed by atoms with E-state index >= 15 is 0 Å². The Balaban J connectivity index is 1.78. The molecule has 45 heavy (non-hydrogen) atoms. The molecule has 7 N–H and O–H groups in total. The number of likely N-dealkylation sites (N-methyl/N-ethyl adjacent to an activating group) is 1. The summed E-state index contributed by atoms with van der Waals surface area (Å²) in [5, 5.41) is 21.5. The van der Waals surface area contributed by atoms with Gasteiger partial charge in [-0.2, -0.15) is 5.26 Å². The minimum atomic E-state index is -2.82. The van der Waals surface area contributed by atoms with Gasteiger partial charge < -0.3 is 36.5 Å². The van der Waals surface area contributed by atoms with Crippen LogP contribution in [0.5, 0.6) is 23.0 Å². The molecule has 2 aromatic rings. The number of methoxy groups -OCH3 is 3. The van der Waals surface area contributed by atoms with Gasteiger partial charge in [0, 0.05) is 5.54 Å². The molecular weight excluding hydrogens is 586 g/mol. The highest BCUT2D eigenvalue weighted by molar-refractivity contribution is 6.33. The number of phenolic OH excluding ortho intramolecular Hbond substituents is 1. The second-order valence-corrected chi connectivity index (χ2v) is 12.0. The van der Waals surface area contributed by atoms with Gasteiger partial charge in [-0.25, -0.2) is 0 Å². The molecule has 14 heteroatoms. The molecule has 0 aromatic heterocycles. The molecule has 0 bridgehead atoms. The van der Waals surface area contributed by atoms with Gasteiger partial charge in [-0.1, -0.05) is 6.07 Å². The summed E-state index contributed by atoms with van der Waals surface area (Å²) < 4.78 is 16.4. The van der Waals surface area contributed by atoms with Crippen LogP contribution in [-0.4, -0.2) is 91.6 Å². The number of nitrogens with two attached hydrogens (primary N) is 3. The molecule has 0 heterocycles. The van der Waals surface area contributed by atoms with Crippen LogP contribution < -0.4 is 31.4 Å². The lowest BCUT2D eigenvalue weighted by atomic mass is 9.42. The summed E-state index contributed by atoms with van der Waals surface area (Å²) in [6.07, 6.45) is -0.752. The predicted octanol–water partition coefficient (Wildman–Crippen LogP) is -0.499. The molecule has 3 aliphatic rings. The first-order valence-electron chi connectivity index (χ1n) is 13.9. The number of nitriles is 1. The minimum Gasteiger partial charge on any atom is -0.507 e. The molecule has 5 rings (SSSR count). The number of fused-ring (bicyclic) bond motifs is 3. The molecule has 236 valence electrons. The summed E-state index contributed by atoms with van der Waals surface area (Å²) in [5.74, 6) is -9.38. The van der Waals surface area contributed by atoms with Crippen molar-refractivity contribution in [3.63, 3.8) is 0 Å². The van der Waals surface area contributed by atoms with Crippen LogP contribution in [0, 0.1) is 28.6 Å². The molecule has 2 fully saturated rings. The maximum atomic E-state index is 14.5. The number of rotatable bonds is 6. The second-order valence-electron chi connectivity index (χ2n) is 12.0. The van der Waals surface area contributed by atoms with Crippen LogP contribution in [0.2, 0.25) is 0 Å². The van der Waals surface area contributed by atoms with Crippen molar-refractivity contribution in [1.82, 2.24) is 4.90 Å². The van der Waals surface area contributed by atoms with Gasteiger partial charge in [0.05, 0.1) is 44.5 Å². The number of benzene rings is 2. The molecule has 2 aromatic carbocycles. The fourth-order valence-corrected chi connectivity index (χ4v) is 7.71. The zero-order chi connectivity index (χ0) is 33.4. The summed E-state index contributed by atoms with van der Waals surface area (Å²) in [6, 6.07) is 6.29. The third-order valence-corrected chi connectivity index (χ3v) is 9.45. The van der Waals surface area contributed by atoms with Crippen LogP contribution in [-0.2, 0) is 25.6 Å². The maximum Gasteiger partial charge on any atom is 0.235 e. The summed E-state index contributed by atoms with van der Waals surface area (Å²) in [4.78, 5) is 69.9. The van der Waals surface area contributed by atoms with Crippen LogP contribution in [0.15, 0.2) is 24.3 Å². The largest absolute Gasteiger partial charge is 0.507 e. The first-order chi connectivity index (χ1) is 21.1. The number of ketones is 4. The van der Waals surface area contributed by atoms with Gasteiger partial charge in [0.15, 0.2) is 46.0 Å². The molecule has 2 saturated carbocycles. The molecule has 2 unspecified atom stereocenters. The van der Waals surface area contributed by atoms with Gasteiger partial charge in [-0.3, -0.25) is 28.9 Å². The number of nitrogens with zero attached hydrogens (tertiary/aromatic N) is 2. The van der Waals surface area contributed by atoms with E-state index in [9.17, 15) is 34.3 Å². The van der Waals surface area contributed by atoms with Gasteiger partial charge >= 0.3 is 0 Å². The zero-order valence-electron chi connectivity index (χ0n) is 25.3. The average Bonchev–Trinajstić information content (AvgIpc) is 2.95. The smallest absolute Gasteiger partial charge is 0.235 e. The molecule has 0 saturated heterocycles. The summed E-state index contributed by atoms with van der Waals surface area (Å²) in [6.45, 7) is 0. The molecule has 6 atom stereocenters. The maximum absolute atomic E-state index is 14.5. The molecular formula is C31H33N5O9. The highest BCUT2D eigenvalue weighted by atomic mass is 16.5. The van der Waals surface area contributed by atoms with Crippen molar-refractivity contribution < 1.29 is 43.3 Å². The van der Waals surface area contributed by atoms with E-state index in [0.717, 1.165) is 0 Å². The topological polar surface area (TPSA) is 238 Å². The number of primary amides is 1. The number of ether oxygens (including phenoxy) is 3. The molecule has 0 aliphatic heterocycles. The van der Waals surface area contributed by atoms with Crippen molar-refractivity contribution in [1.29, 1.82) is 5.26 Å². The van der Waals surface area contributed by atoms with Gasteiger partial charge in [0.25, 0.3) is 0 Å². The standard InChI is InChI=1S/C31H33N5O9/c1-36(2)25-23(39)20(28(33)42)26(40)30(12-32)27(41)21-22(38)19-15(10-29(21,34)11-31(25,30)35)14(6-7-16(19)37)13-8-17(43-3)24(45-5)18(9-13)44-4/h6-9,20-21,25,37H,10-11,34-35H2,1-5H3,(H2,33,42)/t20?,21?,25-,29-,30+,31-/m1/s1. The van der Waals surface area contributed by atoms with Crippen LogP contribution in [0.4, 0.5) is 0 Å². The van der Waals surface area contributed by atoms with Gasteiger partial charge in [-0.05, 0) is 61.8 Å². The van der Waals surface area contributed by atoms with Crippen LogP contribution >= 0.6 is 0 Å². The zero-order valence-corrected chi connectivity index (χ0v) is 25.3. The second kappa shape index (κ2) is 10.4. The molecule has 0 radical (unpaired) electrons. The fraction of sp³-hybridized carbons (Fsp3) is 0.419. The predicted molar refractivity (Wildman–Crippen MR) is 156 cm³/mol. The lowest BCUT2D eigenvalue weighted by molar-refractivity contribution is -0.166. The van der Waals surface area contributed by atoms with E-state index in [1.807, 2.05) is 0 Å². The fourth-order valence-electron chi connectivity index (χ4n) is 7.71. The van der Waals surface area contributed by atoms with Crippen molar-refractivity contribution in [2.75, 3.05) is 35.4 Å². The van der Waals surface area contributed by atoms with Gasteiger partial charge in [-0.15, -0.1) is 0 Å². The molecule has 0 spiro atoms. The summed E-state index contributed by atoms with van der Waals surface area (Å²) >= 11 is 0. The molecule has 3 aliphatic carbocycles. The van der Waals surface area contributed by atoms with Crippen molar-refractivity contribution in [3.05, 3.63) is 35.4 Å². The Labute approximate surface area is 258 Å². The number of phenols is 1. The summed E-state index contributed by atoms with van der Waals surface area (Å²) in [7, 11) is 7.19. The van der Waals surface area contributed by atoms with Gasteiger partial charge in [0.1, 0.15) is 11.7 Å². The van der Waals surface area contributed by atoms with E-state index < -0.39 is 75.6 Å². The first kappa shape index (κ1) is 31.6. The number of hydrogen-bond donors (Lipinski definition) is 4. The number of carbonyl (C=O) groups is 5. The Bertz CT molecular complexity index is 1720. The van der Waals surface area contributed by atoms with Crippen LogP contribution in [0.1, 0.15) is 22.3 Å². The van der Waals surface area contributed by atoms with Gasteiger partial charge in [0.2, 0.25) is 11.7 Å². The summed E-state index contributed by atoms with van der Waals surface area (Å²) in [5.41, 5.74) is 13.3. The highest BCUT2D eigenvalue weighted by Crippen LogP contribution is 2.57. The highest BCUT2D eigenvalue weighted by Gasteiger charge is 2.78. The van der Waals surface area contributed by atoms with Crippen molar-refractivity contribution in [2.24, 2.45) is 34.5 Å². The lowest BCUT2D eigenvalue weighted by Gasteiger charge is -2.60. The Hall–Kier alpha value is -4.84. The Morgan fingerprint density at radius 1 is 1.02 bits per heavy atom. The Morgan fingerprint density at radius 3 is 2.11 bits per heavy atom. The van der Waals surface area contributed by atoms with Crippen molar-refractivity contribution in [3.8, 4) is 40.2 Å². The number of aromatic hydroxyl groups is 1. The first-order valence-corrected chi connectivity index (χ1v) is 13.9. The van der Waals surface area contributed by atoms with Crippen LogP contribution in [0.3, 0.4) is 0 Å². The van der Waals surface area contributed by atoms with Crippen molar-refractivity contribution >= 4 is 29.0 Å². The van der Waals surface area contributed by atoms with E-state index in [4.69, 9.17) is 31.4 Å². The number of amides is 1. The van der Waals surface area contributed by atoms with Crippen LogP contribution in [0.25, 0.3) is 11.1 Å². The van der Waals surface area contributed by atoms with Crippen molar-refractivity contribution in [2.45, 2.75) is 30.0 Å². The third-order valence-electron chi connectivity index (χ3n) is 9.45. The molecule has 1 amide bonds. The number of carbonyl (C=O) groups excluding carboxylic acids is 5.